The first-order valence-corrected chi connectivity index (χ1v) is 6.53. The summed E-state index contributed by atoms with van der Waals surface area (Å²) in [6, 6.07) is 7.58. The molecule has 2 aromatic rings. The summed E-state index contributed by atoms with van der Waals surface area (Å²) in [5, 5.41) is 0.971. The highest BCUT2D eigenvalue weighted by Crippen LogP contribution is 2.28. The van der Waals surface area contributed by atoms with E-state index >= 15 is 0 Å². The quantitative estimate of drug-likeness (QED) is 0.883. The van der Waals surface area contributed by atoms with Crippen molar-refractivity contribution < 1.29 is 4.79 Å². The molecular weight excluding hydrogens is 240 g/mol. The highest BCUT2D eigenvalue weighted by molar-refractivity contribution is 5.92. The van der Waals surface area contributed by atoms with E-state index in [1.165, 1.54) is 0 Å². The molecule has 1 fully saturated rings. The Morgan fingerprint density at radius 2 is 2.11 bits per heavy atom. The number of piperidine rings is 1. The van der Waals surface area contributed by atoms with Gasteiger partial charge >= 0.3 is 0 Å². The first-order chi connectivity index (χ1) is 9.27. The molecule has 1 aromatic heterocycles. The highest BCUT2D eigenvalue weighted by atomic mass is 16.1. The smallest absolute Gasteiger partial charge is 0.240 e. The van der Waals surface area contributed by atoms with Crippen LogP contribution in [0.5, 0.6) is 0 Å². The van der Waals surface area contributed by atoms with Gasteiger partial charge in [0.2, 0.25) is 5.91 Å². The Bertz CT molecular complexity index is 608. The zero-order valence-corrected chi connectivity index (χ0v) is 10.6. The van der Waals surface area contributed by atoms with Gasteiger partial charge in [0.05, 0.1) is 5.52 Å². The van der Waals surface area contributed by atoms with Gasteiger partial charge in [-0.3, -0.25) is 4.79 Å². The van der Waals surface area contributed by atoms with Crippen molar-refractivity contribution >= 4 is 22.6 Å². The van der Waals surface area contributed by atoms with Gasteiger partial charge in [-0.15, -0.1) is 0 Å². The summed E-state index contributed by atoms with van der Waals surface area (Å²) in [7, 11) is 0. The number of benzene rings is 1. The van der Waals surface area contributed by atoms with Crippen molar-refractivity contribution in [2.24, 2.45) is 5.73 Å². The van der Waals surface area contributed by atoms with E-state index in [1.54, 1.807) is 6.33 Å². The summed E-state index contributed by atoms with van der Waals surface area (Å²) < 4.78 is 0. The lowest BCUT2D eigenvalue weighted by atomic mass is 10.0. The molecule has 19 heavy (non-hydrogen) atoms. The number of rotatable bonds is 2. The number of aromatic nitrogens is 2. The maximum absolute atomic E-state index is 11.6. The van der Waals surface area contributed by atoms with E-state index < -0.39 is 0 Å². The summed E-state index contributed by atoms with van der Waals surface area (Å²) in [5.41, 5.74) is 6.41. The van der Waals surface area contributed by atoms with Gasteiger partial charge in [-0.25, -0.2) is 9.97 Å². The van der Waals surface area contributed by atoms with Crippen LogP contribution in [0, 0.1) is 0 Å². The van der Waals surface area contributed by atoms with Gasteiger partial charge in [-0.1, -0.05) is 12.1 Å². The molecule has 0 radical (unpaired) electrons. The summed E-state index contributed by atoms with van der Waals surface area (Å²) in [4.78, 5) is 22.3. The molecule has 1 aliphatic rings. The molecule has 98 valence electrons. The molecule has 3 rings (SSSR count). The number of nitrogens with two attached hydrogens (primary N) is 1. The topological polar surface area (TPSA) is 72.1 Å². The molecule has 1 unspecified atom stereocenters. The first kappa shape index (κ1) is 11.9. The predicted octanol–water partition coefficient (Wildman–Crippen LogP) is 1.47. The maximum Gasteiger partial charge on any atom is 0.240 e. The second-order valence-electron chi connectivity index (χ2n) is 4.82. The number of primary amides is 1. The summed E-state index contributed by atoms with van der Waals surface area (Å²) in [6.07, 6.45) is 4.44. The SMILES string of the molecule is NC(=O)C1CCCCN1c1ncnc2ccccc12. The Labute approximate surface area is 111 Å². The van der Waals surface area contributed by atoms with Gasteiger partial charge in [-0.05, 0) is 31.4 Å². The maximum atomic E-state index is 11.6. The molecule has 0 bridgehead atoms. The van der Waals surface area contributed by atoms with Crippen LogP contribution in [0.25, 0.3) is 10.9 Å². The Hall–Kier alpha value is -2.17. The van der Waals surface area contributed by atoms with Crippen LogP contribution >= 0.6 is 0 Å². The standard InChI is InChI=1S/C14H16N4O/c15-13(19)12-7-3-4-8-18(12)14-10-5-1-2-6-11(10)16-9-17-14/h1-2,5-6,9,12H,3-4,7-8H2,(H2,15,19). The third kappa shape index (κ3) is 2.12. The number of hydrogen-bond donors (Lipinski definition) is 1. The normalized spacial score (nSPS) is 19.6. The number of anilines is 1. The van der Waals surface area contributed by atoms with Crippen LogP contribution in [0.2, 0.25) is 0 Å². The van der Waals surface area contributed by atoms with Gasteiger partial charge in [0, 0.05) is 11.9 Å². The minimum atomic E-state index is -0.276. The van der Waals surface area contributed by atoms with E-state index in [2.05, 4.69) is 9.97 Å². The van der Waals surface area contributed by atoms with Crippen molar-refractivity contribution in [2.45, 2.75) is 25.3 Å². The van der Waals surface area contributed by atoms with Gasteiger partial charge in [0.25, 0.3) is 0 Å². The van der Waals surface area contributed by atoms with Gasteiger partial charge in [0.1, 0.15) is 18.2 Å². The number of amides is 1. The number of nitrogens with zero attached hydrogens (tertiary/aromatic N) is 3. The second kappa shape index (κ2) is 4.84. The molecule has 5 nitrogen and oxygen atoms in total. The van der Waals surface area contributed by atoms with Crippen molar-refractivity contribution in [1.29, 1.82) is 0 Å². The van der Waals surface area contributed by atoms with Gasteiger partial charge in [0.15, 0.2) is 0 Å². The predicted molar refractivity (Wildman–Crippen MR) is 73.7 cm³/mol. The molecule has 1 amide bonds. The molecule has 2 heterocycles. The fourth-order valence-corrected chi connectivity index (χ4v) is 2.70. The van der Waals surface area contributed by atoms with E-state index in [4.69, 9.17) is 5.73 Å². The Balaban J connectivity index is 2.09. The van der Waals surface area contributed by atoms with Crippen LogP contribution in [0.15, 0.2) is 30.6 Å². The molecule has 1 aliphatic heterocycles. The van der Waals surface area contributed by atoms with Crippen LogP contribution in [-0.2, 0) is 4.79 Å². The van der Waals surface area contributed by atoms with Crippen molar-refractivity contribution in [2.75, 3.05) is 11.4 Å². The molecule has 1 atom stereocenters. The molecule has 5 heteroatoms. The first-order valence-electron chi connectivity index (χ1n) is 6.53. The summed E-state index contributed by atoms with van der Waals surface area (Å²) >= 11 is 0. The monoisotopic (exact) mass is 256 g/mol. The highest BCUT2D eigenvalue weighted by Gasteiger charge is 2.28. The fraction of sp³-hybridized carbons (Fsp3) is 0.357. The lowest BCUT2D eigenvalue weighted by Crippen LogP contribution is -2.48. The Morgan fingerprint density at radius 1 is 1.26 bits per heavy atom. The van der Waals surface area contributed by atoms with Crippen molar-refractivity contribution in [3.63, 3.8) is 0 Å². The van der Waals surface area contributed by atoms with Gasteiger partial charge in [-0.2, -0.15) is 0 Å². The molecule has 0 saturated carbocycles. The second-order valence-corrected chi connectivity index (χ2v) is 4.82. The van der Waals surface area contributed by atoms with Crippen LogP contribution in [0.1, 0.15) is 19.3 Å². The van der Waals surface area contributed by atoms with E-state index in [0.717, 1.165) is 42.5 Å². The molecule has 0 spiro atoms. The Morgan fingerprint density at radius 3 is 2.95 bits per heavy atom. The number of carbonyl (C=O) groups is 1. The van der Waals surface area contributed by atoms with Crippen molar-refractivity contribution in [1.82, 2.24) is 9.97 Å². The molecule has 1 saturated heterocycles. The lowest BCUT2D eigenvalue weighted by Gasteiger charge is -2.35. The average Bonchev–Trinajstić information content (AvgIpc) is 2.46. The number of carbonyl (C=O) groups excluding carboxylic acids is 1. The fourth-order valence-electron chi connectivity index (χ4n) is 2.70. The van der Waals surface area contributed by atoms with Crippen molar-refractivity contribution in [3.8, 4) is 0 Å². The van der Waals surface area contributed by atoms with E-state index in [1.807, 2.05) is 29.2 Å². The number of hydrogen-bond acceptors (Lipinski definition) is 4. The average molecular weight is 256 g/mol. The van der Waals surface area contributed by atoms with Crippen LogP contribution < -0.4 is 10.6 Å². The van der Waals surface area contributed by atoms with Crippen LogP contribution in [0.4, 0.5) is 5.82 Å². The summed E-state index contributed by atoms with van der Waals surface area (Å²) in [6.45, 7) is 0.814. The molecule has 0 aliphatic carbocycles. The zero-order valence-electron chi connectivity index (χ0n) is 10.6. The number of para-hydroxylation sites is 1. The molecular formula is C14H16N4O. The molecule has 2 N–H and O–H groups in total. The van der Waals surface area contributed by atoms with Crippen LogP contribution in [-0.4, -0.2) is 28.5 Å². The van der Waals surface area contributed by atoms with Gasteiger partial charge < -0.3 is 10.6 Å². The number of fused-ring (bicyclic) bond motifs is 1. The largest absolute Gasteiger partial charge is 0.368 e. The van der Waals surface area contributed by atoms with E-state index in [-0.39, 0.29) is 11.9 Å². The van der Waals surface area contributed by atoms with Crippen molar-refractivity contribution in [3.05, 3.63) is 30.6 Å². The summed E-state index contributed by atoms with van der Waals surface area (Å²) in [5.74, 6) is 0.538. The molecule has 1 aromatic carbocycles. The third-order valence-electron chi connectivity index (χ3n) is 3.63. The van der Waals surface area contributed by atoms with Crippen LogP contribution in [0.3, 0.4) is 0 Å². The lowest BCUT2D eigenvalue weighted by molar-refractivity contribution is -0.119. The third-order valence-corrected chi connectivity index (χ3v) is 3.63. The minimum Gasteiger partial charge on any atom is -0.368 e. The van der Waals surface area contributed by atoms with E-state index in [0.29, 0.717) is 0 Å². The van der Waals surface area contributed by atoms with E-state index in [9.17, 15) is 4.79 Å². The zero-order chi connectivity index (χ0) is 13.2. The minimum absolute atomic E-state index is 0.257. The Kier molecular flexibility index (Phi) is 3.03.